The summed E-state index contributed by atoms with van der Waals surface area (Å²) >= 11 is 0. The van der Waals surface area contributed by atoms with Crippen LogP contribution in [-0.4, -0.2) is 42.8 Å². The lowest BCUT2D eigenvalue weighted by Crippen LogP contribution is -2.42. The fraction of sp³-hybridized carbons (Fsp3) is 0.440. The molecule has 166 valence electrons. The Morgan fingerprint density at radius 1 is 1.03 bits per heavy atom. The van der Waals surface area contributed by atoms with Crippen LogP contribution in [0.15, 0.2) is 48.5 Å². The zero-order chi connectivity index (χ0) is 21.3. The smallest absolute Gasteiger partial charge is 0.234 e. The minimum Gasteiger partial charge on any atom is -0.310 e. The van der Waals surface area contributed by atoms with Crippen LogP contribution in [0, 0.1) is 17.7 Å². The minimum atomic E-state index is -0.320. The van der Waals surface area contributed by atoms with Crippen molar-refractivity contribution >= 4 is 29.8 Å². The molecule has 31 heavy (non-hydrogen) atoms. The third kappa shape index (κ3) is 4.83. The van der Waals surface area contributed by atoms with Crippen molar-refractivity contribution in [3.63, 3.8) is 0 Å². The van der Waals surface area contributed by atoms with Gasteiger partial charge >= 0.3 is 0 Å². The molecule has 1 fully saturated rings. The topological polar surface area (TPSA) is 40.6 Å². The van der Waals surface area contributed by atoms with Crippen molar-refractivity contribution in [3.05, 3.63) is 65.5 Å². The molecular weight excluding hydrogens is 415 g/mol. The number of hydrogen-bond donors (Lipinski definition) is 0. The first-order valence-corrected chi connectivity index (χ1v) is 10.9. The van der Waals surface area contributed by atoms with Crippen LogP contribution in [0.3, 0.4) is 0 Å². The number of Topliss-reactive ketones (excluding diaryl/α,β-unsaturated/α-hetero) is 1. The van der Waals surface area contributed by atoms with Crippen LogP contribution in [-0.2, 0) is 4.79 Å². The van der Waals surface area contributed by atoms with Gasteiger partial charge in [-0.3, -0.25) is 9.59 Å². The second-order valence-corrected chi connectivity index (χ2v) is 8.76. The van der Waals surface area contributed by atoms with Crippen LogP contribution >= 0.6 is 12.4 Å². The third-order valence-corrected chi connectivity index (χ3v) is 6.49. The molecule has 0 aliphatic carbocycles. The third-order valence-electron chi connectivity index (χ3n) is 6.49. The molecule has 2 heterocycles. The van der Waals surface area contributed by atoms with Crippen LogP contribution in [0.25, 0.3) is 0 Å². The zero-order valence-corrected chi connectivity index (χ0v) is 18.9. The van der Waals surface area contributed by atoms with E-state index >= 15 is 0 Å². The summed E-state index contributed by atoms with van der Waals surface area (Å²) in [5.41, 5.74) is 2.78. The Bertz CT molecular complexity index is 923. The molecule has 2 aliphatic rings. The van der Waals surface area contributed by atoms with Gasteiger partial charge in [-0.2, -0.15) is 0 Å². The number of carbonyl (C=O) groups is 2. The van der Waals surface area contributed by atoms with Crippen molar-refractivity contribution in [1.82, 2.24) is 4.90 Å². The molecule has 0 spiro atoms. The number of rotatable bonds is 6. The van der Waals surface area contributed by atoms with Gasteiger partial charge in [-0.1, -0.05) is 32.0 Å². The molecule has 6 heteroatoms. The average Bonchev–Trinajstić information content (AvgIpc) is 3.04. The van der Waals surface area contributed by atoms with Crippen LogP contribution < -0.4 is 4.90 Å². The first kappa shape index (κ1) is 23.4. The maximum atomic E-state index is 13.1. The molecule has 1 unspecified atom stereocenters. The molecular formula is C25H30ClFN2O2. The highest BCUT2D eigenvalue weighted by Crippen LogP contribution is 2.41. The maximum Gasteiger partial charge on any atom is 0.234 e. The van der Waals surface area contributed by atoms with Gasteiger partial charge in [0.2, 0.25) is 5.91 Å². The predicted octanol–water partition coefficient (Wildman–Crippen LogP) is 4.93. The standard InChI is InChI=1S/C25H29FN2O2.ClH/c1-17(2)23-21-5-3-4-6-22(21)28(25(23)30)16-15-27-13-11-19(12-14-27)24(29)18-7-9-20(26)10-8-18;/h3-10,17,19,23H,11-16H2,1-2H3;1H. The number of nitrogens with zero attached hydrogens (tertiary/aromatic N) is 2. The minimum absolute atomic E-state index is 0. The van der Waals surface area contributed by atoms with E-state index in [2.05, 4.69) is 24.8 Å². The van der Waals surface area contributed by atoms with E-state index in [1.165, 1.54) is 12.1 Å². The largest absolute Gasteiger partial charge is 0.310 e. The highest BCUT2D eigenvalue weighted by Gasteiger charge is 2.38. The van der Waals surface area contributed by atoms with Crippen molar-refractivity contribution in [2.45, 2.75) is 32.6 Å². The number of carbonyl (C=O) groups excluding carboxylic acids is 2. The number of halogens is 2. The van der Waals surface area contributed by atoms with E-state index in [0.29, 0.717) is 12.1 Å². The molecule has 1 atom stereocenters. The monoisotopic (exact) mass is 444 g/mol. The number of anilines is 1. The second kappa shape index (κ2) is 9.92. The lowest BCUT2D eigenvalue weighted by Gasteiger charge is -2.32. The molecule has 0 N–H and O–H groups in total. The van der Waals surface area contributed by atoms with E-state index in [1.54, 1.807) is 12.1 Å². The number of benzene rings is 2. The van der Waals surface area contributed by atoms with E-state index in [1.807, 2.05) is 23.1 Å². The number of amides is 1. The van der Waals surface area contributed by atoms with E-state index in [-0.39, 0.29) is 47.7 Å². The second-order valence-electron chi connectivity index (χ2n) is 8.76. The average molecular weight is 445 g/mol. The lowest BCUT2D eigenvalue weighted by atomic mass is 9.89. The van der Waals surface area contributed by atoms with Gasteiger partial charge in [-0.15, -0.1) is 12.4 Å². The van der Waals surface area contributed by atoms with Crippen molar-refractivity contribution in [1.29, 1.82) is 0 Å². The van der Waals surface area contributed by atoms with Gasteiger partial charge < -0.3 is 9.80 Å². The van der Waals surface area contributed by atoms with Crippen LogP contribution in [0.5, 0.6) is 0 Å². The van der Waals surface area contributed by atoms with Crippen molar-refractivity contribution in [2.75, 3.05) is 31.1 Å². The van der Waals surface area contributed by atoms with E-state index in [4.69, 9.17) is 0 Å². The summed E-state index contributed by atoms with van der Waals surface area (Å²) in [6.45, 7) is 7.37. The van der Waals surface area contributed by atoms with Gasteiger partial charge in [0.1, 0.15) is 5.82 Å². The van der Waals surface area contributed by atoms with E-state index in [9.17, 15) is 14.0 Å². The highest BCUT2D eigenvalue weighted by molar-refractivity contribution is 6.05. The van der Waals surface area contributed by atoms with Gasteiger partial charge in [0.15, 0.2) is 5.78 Å². The molecule has 2 aliphatic heterocycles. The van der Waals surface area contributed by atoms with Gasteiger partial charge in [-0.25, -0.2) is 4.39 Å². The molecule has 0 aromatic heterocycles. The summed E-state index contributed by atoms with van der Waals surface area (Å²) in [5, 5.41) is 0. The Kier molecular flexibility index (Phi) is 7.50. The van der Waals surface area contributed by atoms with Crippen LogP contribution in [0.2, 0.25) is 0 Å². The molecule has 4 nitrogen and oxygen atoms in total. The Labute approximate surface area is 189 Å². The summed E-state index contributed by atoms with van der Waals surface area (Å²) < 4.78 is 13.1. The van der Waals surface area contributed by atoms with Gasteiger partial charge in [0.05, 0.1) is 5.92 Å². The molecule has 1 saturated heterocycles. The molecule has 0 saturated carbocycles. The fourth-order valence-corrected chi connectivity index (χ4v) is 4.80. The normalized spacial score (nSPS) is 19.4. The van der Waals surface area contributed by atoms with Crippen molar-refractivity contribution in [3.8, 4) is 0 Å². The summed E-state index contributed by atoms with van der Waals surface area (Å²) in [7, 11) is 0. The molecule has 2 aromatic rings. The number of hydrogen-bond acceptors (Lipinski definition) is 3. The lowest BCUT2D eigenvalue weighted by molar-refractivity contribution is -0.120. The Hall–Kier alpha value is -2.24. The number of piperidine rings is 1. The quantitative estimate of drug-likeness (QED) is 0.593. The van der Waals surface area contributed by atoms with Gasteiger partial charge in [-0.05, 0) is 67.7 Å². The van der Waals surface area contributed by atoms with Crippen molar-refractivity contribution < 1.29 is 14.0 Å². The molecule has 0 radical (unpaired) electrons. The Balaban J connectivity index is 0.00000272. The number of likely N-dealkylation sites (tertiary alicyclic amines) is 1. The maximum absolute atomic E-state index is 13.1. The highest BCUT2D eigenvalue weighted by atomic mass is 35.5. The Morgan fingerprint density at radius 2 is 1.68 bits per heavy atom. The van der Waals surface area contributed by atoms with Crippen LogP contribution in [0.4, 0.5) is 10.1 Å². The number of para-hydroxylation sites is 1. The van der Waals surface area contributed by atoms with E-state index < -0.39 is 0 Å². The van der Waals surface area contributed by atoms with Crippen LogP contribution in [0.1, 0.15) is 48.5 Å². The molecule has 0 bridgehead atoms. The predicted molar refractivity (Wildman–Crippen MR) is 124 cm³/mol. The van der Waals surface area contributed by atoms with E-state index in [0.717, 1.165) is 43.7 Å². The number of fused-ring (bicyclic) bond motifs is 1. The van der Waals surface area contributed by atoms with Crippen molar-refractivity contribution in [2.24, 2.45) is 11.8 Å². The summed E-state index contributed by atoms with van der Waals surface area (Å²) in [6.07, 6.45) is 1.60. The Morgan fingerprint density at radius 3 is 2.32 bits per heavy atom. The first-order valence-electron chi connectivity index (χ1n) is 10.9. The molecule has 4 rings (SSSR count). The SMILES string of the molecule is CC(C)C1C(=O)N(CCN2CCC(C(=O)c3ccc(F)cc3)CC2)c2ccccc21.Cl. The molecule has 2 aromatic carbocycles. The van der Waals surface area contributed by atoms with Gasteiger partial charge in [0, 0.05) is 30.3 Å². The summed E-state index contributed by atoms with van der Waals surface area (Å²) in [6, 6.07) is 14.0. The number of ketones is 1. The zero-order valence-electron chi connectivity index (χ0n) is 18.1. The molecule has 1 amide bonds. The fourth-order valence-electron chi connectivity index (χ4n) is 4.80. The summed E-state index contributed by atoms with van der Waals surface area (Å²) in [5.74, 6) is 0.202. The summed E-state index contributed by atoms with van der Waals surface area (Å²) in [4.78, 5) is 30.0. The van der Waals surface area contributed by atoms with Gasteiger partial charge in [0.25, 0.3) is 0 Å². The first-order chi connectivity index (χ1) is 14.5.